The molecule has 0 fully saturated rings. The first-order valence-electron chi connectivity index (χ1n) is 9.01. The second kappa shape index (κ2) is 18.2. The Bertz CT molecular complexity index is 493. The number of carboxylic acids is 1. The molecule has 0 rings (SSSR count). The molecule has 0 unspecified atom stereocenters. The van der Waals surface area contributed by atoms with Crippen molar-refractivity contribution in [1.82, 2.24) is 0 Å². The van der Waals surface area contributed by atoms with Crippen molar-refractivity contribution in [2.45, 2.75) is 58.0 Å². The molecule has 0 bridgehead atoms. The Morgan fingerprint density at radius 3 is 2.24 bits per heavy atom. The number of carboxylic acid groups (broad SMARTS) is 1. The van der Waals surface area contributed by atoms with E-state index in [-0.39, 0.29) is 6.42 Å². The first-order valence-corrected chi connectivity index (χ1v) is 9.01. The van der Waals surface area contributed by atoms with Gasteiger partial charge in [-0.25, -0.2) is 0 Å². The Kier molecular flexibility index (Phi) is 16.7. The molecule has 0 radical (unpaired) electrons. The summed E-state index contributed by atoms with van der Waals surface area (Å²) in [4.78, 5) is 10.3. The smallest absolute Gasteiger partial charge is 0.303 e. The van der Waals surface area contributed by atoms with Crippen LogP contribution in [0.5, 0.6) is 0 Å². The van der Waals surface area contributed by atoms with Crippen LogP contribution in [-0.2, 0) is 4.79 Å². The van der Waals surface area contributed by atoms with E-state index in [2.05, 4.69) is 31.2 Å². The molecule has 0 saturated carbocycles. The minimum atomic E-state index is -0.753. The van der Waals surface area contributed by atoms with Gasteiger partial charge in [0.25, 0.3) is 0 Å². The van der Waals surface area contributed by atoms with Crippen LogP contribution in [0.2, 0.25) is 0 Å². The second-order valence-corrected chi connectivity index (χ2v) is 5.57. The van der Waals surface area contributed by atoms with Gasteiger partial charge in [-0.05, 0) is 38.5 Å². The van der Waals surface area contributed by atoms with Crippen molar-refractivity contribution in [3.63, 3.8) is 0 Å². The number of allylic oxidation sites excluding steroid dienone is 10. The molecule has 2 N–H and O–H groups in total. The normalized spacial score (nSPS) is 14.3. The van der Waals surface area contributed by atoms with E-state index in [1.54, 1.807) is 6.08 Å². The number of aliphatic carboxylic acids is 1. The van der Waals surface area contributed by atoms with E-state index in [4.69, 9.17) is 5.11 Å². The van der Waals surface area contributed by atoms with Gasteiger partial charge in [0.05, 0.1) is 6.10 Å². The molecule has 0 saturated heterocycles. The van der Waals surface area contributed by atoms with Gasteiger partial charge in [0.1, 0.15) is 0 Å². The minimum Gasteiger partial charge on any atom is -0.481 e. The minimum absolute atomic E-state index is 0.197. The number of hydrogen-bond acceptors (Lipinski definition) is 2. The molecule has 0 aromatic heterocycles. The van der Waals surface area contributed by atoms with Crippen LogP contribution in [0.25, 0.3) is 0 Å². The van der Waals surface area contributed by atoms with E-state index in [1.165, 1.54) is 0 Å². The van der Waals surface area contributed by atoms with Crippen LogP contribution in [-0.4, -0.2) is 22.3 Å². The molecule has 0 aliphatic heterocycles. The van der Waals surface area contributed by atoms with Crippen molar-refractivity contribution >= 4 is 5.97 Å². The molecule has 3 heteroatoms. The molecular formula is C22H32O3. The lowest BCUT2D eigenvalue weighted by Crippen LogP contribution is -1.98. The van der Waals surface area contributed by atoms with Gasteiger partial charge in [-0.15, -0.1) is 0 Å². The molecule has 0 heterocycles. The lowest BCUT2D eigenvalue weighted by atomic mass is 10.2. The lowest BCUT2D eigenvalue weighted by Gasteiger charge is -1.98. The fourth-order valence-electron chi connectivity index (χ4n) is 1.88. The van der Waals surface area contributed by atoms with Crippen LogP contribution in [0.15, 0.2) is 72.9 Å². The summed E-state index contributed by atoms with van der Waals surface area (Å²) in [5.74, 6) is -0.753. The van der Waals surface area contributed by atoms with Crippen molar-refractivity contribution in [1.29, 1.82) is 0 Å². The largest absolute Gasteiger partial charge is 0.481 e. The molecule has 0 aliphatic rings. The fraction of sp³-hybridized carbons (Fsp3) is 0.409. The predicted octanol–water partition coefficient (Wildman–Crippen LogP) is 5.52. The molecule has 0 aliphatic carbocycles. The quantitative estimate of drug-likeness (QED) is 0.248. The summed E-state index contributed by atoms with van der Waals surface area (Å²) >= 11 is 0. The number of carbonyl (C=O) groups is 1. The highest BCUT2D eigenvalue weighted by molar-refractivity contribution is 5.66. The van der Waals surface area contributed by atoms with Crippen LogP contribution in [0, 0.1) is 0 Å². The summed E-state index contributed by atoms with van der Waals surface area (Å²) in [5, 5.41) is 18.2. The number of rotatable bonds is 14. The number of aliphatic hydroxyl groups is 1. The summed E-state index contributed by atoms with van der Waals surface area (Å²) in [5.41, 5.74) is 0. The molecule has 3 nitrogen and oxygen atoms in total. The molecule has 1 atom stereocenters. The van der Waals surface area contributed by atoms with Crippen molar-refractivity contribution in [2.75, 3.05) is 0 Å². The van der Waals surface area contributed by atoms with Crippen LogP contribution < -0.4 is 0 Å². The average molecular weight is 344 g/mol. The van der Waals surface area contributed by atoms with Crippen molar-refractivity contribution < 1.29 is 15.0 Å². The third-order valence-corrected chi connectivity index (χ3v) is 3.21. The first kappa shape index (κ1) is 22.9. The molecule has 25 heavy (non-hydrogen) atoms. The van der Waals surface area contributed by atoms with Gasteiger partial charge in [0.15, 0.2) is 0 Å². The Labute approximate surface area is 152 Å². The molecule has 0 spiro atoms. The van der Waals surface area contributed by atoms with Crippen molar-refractivity contribution in [3.05, 3.63) is 72.9 Å². The van der Waals surface area contributed by atoms with E-state index < -0.39 is 12.1 Å². The summed E-state index contributed by atoms with van der Waals surface area (Å²) in [6.07, 6.45) is 28.7. The fourth-order valence-corrected chi connectivity index (χ4v) is 1.88. The predicted molar refractivity (Wildman–Crippen MR) is 106 cm³/mol. The van der Waals surface area contributed by atoms with Crippen LogP contribution in [0.3, 0.4) is 0 Å². The molecule has 0 amide bonds. The molecular weight excluding hydrogens is 312 g/mol. The number of hydrogen-bond donors (Lipinski definition) is 2. The zero-order valence-electron chi connectivity index (χ0n) is 15.3. The van der Waals surface area contributed by atoms with E-state index in [0.29, 0.717) is 12.8 Å². The lowest BCUT2D eigenvalue weighted by molar-refractivity contribution is -0.136. The zero-order valence-corrected chi connectivity index (χ0v) is 15.3. The maximum absolute atomic E-state index is 10.3. The van der Waals surface area contributed by atoms with Gasteiger partial charge in [0, 0.05) is 6.42 Å². The summed E-state index contributed by atoms with van der Waals surface area (Å²) in [6, 6.07) is 0. The SMILES string of the molecule is CC/C=C\C[C@@H](O)\C=C/C=C/C=C/CC/C=C\C/C=C\CCC(=O)O. The van der Waals surface area contributed by atoms with E-state index in [0.717, 1.165) is 25.7 Å². The first-order chi connectivity index (χ1) is 12.2. The van der Waals surface area contributed by atoms with Crippen LogP contribution >= 0.6 is 0 Å². The summed E-state index contributed by atoms with van der Waals surface area (Å²) < 4.78 is 0. The maximum atomic E-state index is 10.3. The Morgan fingerprint density at radius 2 is 1.52 bits per heavy atom. The van der Waals surface area contributed by atoms with E-state index in [1.807, 2.05) is 42.5 Å². The summed E-state index contributed by atoms with van der Waals surface area (Å²) in [6.45, 7) is 2.08. The van der Waals surface area contributed by atoms with Gasteiger partial charge < -0.3 is 10.2 Å². The third kappa shape index (κ3) is 19.8. The van der Waals surface area contributed by atoms with Gasteiger partial charge in [-0.1, -0.05) is 79.8 Å². The standard InChI is InChI=1S/C22H32O3/c1-2-3-15-18-21(23)19-16-13-11-9-7-5-4-6-8-10-12-14-17-20-22(24)25/h3,6-9,11-16,19,21,23H,2,4-5,10,17-18,20H2,1H3,(H,24,25)/b8-6-,9-7+,13-11+,14-12-,15-3-,19-16-/t21-/m1/s1. The van der Waals surface area contributed by atoms with E-state index in [9.17, 15) is 9.90 Å². The highest BCUT2D eigenvalue weighted by atomic mass is 16.4. The van der Waals surface area contributed by atoms with Gasteiger partial charge in [0.2, 0.25) is 0 Å². The van der Waals surface area contributed by atoms with Crippen molar-refractivity contribution in [2.24, 2.45) is 0 Å². The Morgan fingerprint density at radius 1 is 0.840 bits per heavy atom. The van der Waals surface area contributed by atoms with E-state index >= 15 is 0 Å². The third-order valence-electron chi connectivity index (χ3n) is 3.21. The molecule has 0 aromatic rings. The zero-order chi connectivity index (χ0) is 18.6. The number of aliphatic hydroxyl groups excluding tert-OH is 1. The monoisotopic (exact) mass is 344 g/mol. The number of unbranched alkanes of at least 4 members (excludes halogenated alkanes) is 1. The molecule has 138 valence electrons. The van der Waals surface area contributed by atoms with Gasteiger partial charge in [-0.3, -0.25) is 4.79 Å². The van der Waals surface area contributed by atoms with Crippen molar-refractivity contribution in [3.8, 4) is 0 Å². The highest BCUT2D eigenvalue weighted by Crippen LogP contribution is 1.99. The topological polar surface area (TPSA) is 57.5 Å². The summed E-state index contributed by atoms with van der Waals surface area (Å²) in [7, 11) is 0. The van der Waals surface area contributed by atoms with Crippen LogP contribution in [0.4, 0.5) is 0 Å². The Hall–Kier alpha value is -2.13. The maximum Gasteiger partial charge on any atom is 0.303 e. The molecule has 0 aromatic carbocycles. The van der Waals surface area contributed by atoms with Gasteiger partial charge >= 0.3 is 5.97 Å². The second-order valence-electron chi connectivity index (χ2n) is 5.57. The average Bonchev–Trinajstić information content (AvgIpc) is 2.58. The Balaban J connectivity index is 3.66. The van der Waals surface area contributed by atoms with Crippen LogP contribution in [0.1, 0.15) is 51.9 Å². The van der Waals surface area contributed by atoms with Gasteiger partial charge in [-0.2, -0.15) is 0 Å². The highest BCUT2D eigenvalue weighted by Gasteiger charge is 1.92.